The zero-order valence-electron chi connectivity index (χ0n) is 8.55. The number of aliphatic hydroxyl groups excluding tert-OH is 2. The lowest BCUT2D eigenvalue weighted by atomic mass is 10.2. The maximum absolute atomic E-state index is 11.6. The molecular weight excluding hydrogens is 208 g/mol. The molecule has 1 heterocycles. The maximum atomic E-state index is 11.6. The molecule has 0 radical (unpaired) electrons. The maximum Gasteiger partial charge on any atom is 0.258 e. The third-order valence-electron chi connectivity index (χ3n) is 2.35. The molecule has 0 aliphatic heterocycles. The van der Waals surface area contributed by atoms with Crippen LogP contribution in [0.15, 0.2) is 29.1 Å². The largest absolute Gasteiger partial charge is 0.396 e. The van der Waals surface area contributed by atoms with Crippen molar-refractivity contribution in [2.24, 2.45) is 0 Å². The minimum absolute atomic E-state index is 0.154. The number of hydrogen-bond acceptors (Lipinski definition) is 4. The molecule has 0 fully saturated rings. The number of rotatable bonds is 3. The first kappa shape index (κ1) is 10.8. The van der Waals surface area contributed by atoms with Gasteiger partial charge >= 0.3 is 0 Å². The minimum atomic E-state index is -0.942. The highest BCUT2D eigenvalue weighted by atomic mass is 16.3. The second-order valence-corrected chi connectivity index (χ2v) is 3.50. The zero-order chi connectivity index (χ0) is 11.5. The van der Waals surface area contributed by atoms with Crippen LogP contribution in [-0.4, -0.2) is 26.8 Å². The van der Waals surface area contributed by atoms with Gasteiger partial charge in [-0.2, -0.15) is 0 Å². The number of aromatic amines is 1. The third kappa shape index (κ3) is 1.95. The van der Waals surface area contributed by atoms with Gasteiger partial charge in [0.1, 0.15) is 11.9 Å². The molecule has 0 aliphatic rings. The summed E-state index contributed by atoms with van der Waals surface area (Å²) < 4.78 is 0. The lowest BCUT2D eigenvalue weighted by Gasteiger charge is -2.08. The summed E-state index contributed by atoms with van der Waals surface area (Å²) in [5.41, 5.74) is 0.260. The van der Waals surface area contributed by atoms with Gasteiger partial charge in [0.05, 0.1) is 10.9 Å². The number of H-pyrrole nitrogens is 1. The van der Waals surface area contributed by atoms with Crippen molar-refractivity contribution in [2.45, 2.75) is 12.5 Å². The quantitative estimate of drug-likeness (QED) is 0.696. The molecule has 1 aromatic heterocycles. The molecule has 5 nitrogen and oxygen atoms in total. The molecule has 1 atom stereocenters. The Balaban J connectivity index is 2.54. The Kier molecular flexibility index (Phi) is 2.98. The highest BCUT2D eigenvalue weighted by Crippen LogP contribution is 2.13. The minimum Gasteiger partial charge on any atom is -0.396 e. The smallest absolute Gasteiger partial charge is 0.258 e. The van der Waals surface area contributed by atoms with Crippen molar-refractivity contribution in [3.8, 4) is 0 Å². The molecule has 2 rings (SSSR count). The number of nitrogens with zero attached hydrogens (tertiary/aromatic N) is 1. The van der Waals surface area contributed by atoms with E-state index in [9.17, 15) is 9.90 Å². The summed E-state index contributed by atoms with van der Waals surface area (Å²) >= 11 is 0. The van der Waals surface area contributed by atoms with Gasteiger partial charge in [-0.25, -0.2) is 4.98 Å². The third-order valence-corrected chi connectivity index (χ3v) is 2.35. The predicted molar refractivity (Wildman–Crippen MR) is 59.0 cm³/mol. The van der Waals surface area contributed by atoms with E-state index in [0.717, 1.165) is 0 Å². The first-order valence-electron chi connectivity index (χ1n) is 5.00. The fourth-order valence-corrected chi connectivity index (χ4v) is 1.52. The van der Waals surface area contributed by atoms with E-state index < -0.39 is 6.10 Å². The molecule has 2 aromatic rings. The predicted octanol–water partition coefficient (Wildman–Crippen LogP) is 0.339. The van der Waals surface area contributed by atoms with Crippen LogP contribution in [0.1, 0.15) is 18.3 Å². The average molecular weight is 220 g/mol. The second-order valence-electron chi connectivity index (χ2n) is 3.50. The Hall–Kier alpha value is -1.72. The Bertz CT molecular complexity index is 550. The van der Waals surface area contributed by atoms with E-state index >= 15 is 0 Å². The molecule has 5 heteroatoms. The van der Waals surface area contributed by atoms with Crippen LogP contribution in [0.5, 0.6) is 0 Å². The first-order valence-corrected chi connectivity index (χ1v) is 5.00. The van der Waals surface area contributed by atoms with Crippen LogP contribution in [0.25, 0.3) is 10.9 Å². The average Bonchev–Trinajstić information content (AvgIpc) is 2.29. The number of nitrogens with one attached hydrogen (secondary N) is 1. The summed E-state index contributed by atoms with van der Waals surface area (Å²) in [5, 5.41) is 18.8. The van der Waals surface area contributed by atoms with Crippen LogP contribution in [0.4, 0.5) is 0 Å². The normalized spacial score (nSPS) is 12.9. The van der Waals surface area contributed by atoms with Gasteiger partial charge in [0.2, 0.25) is 0 Å². The zero-order valence-corrected chi connectivity index (χ0v) is 8.55. The van der Waals surface area contributed by atoms with Crippen LogP contribution in [0.3, 0.4) is 0 Å². The number of benzene rings is 1. The molecular formula is C11H12N2O3. The standard InChI is InChI=1S/C11H12N2O3/c14-6-5-9(15)10-12-8-4-2-1-3-7(8)11(16)13-10/h1-4,9,14-15H,5-6H2,(H,12,13,16). The second kappa shape index (κ2) is 4.42. The van der Waals surface area contributed by atoms with E-state index in [1.165, 1.54) is 0 Å². The van der Waals surface area contributed by atoms with E-state index in [1.54, 1.807) is 24.3 Å². The van der Waals surface area contributed by atoms with Crippen molar-refractivity contribution in [1.29, 1.82) is 0 Å². The Morgan fingerprint density at radius 2 is 2.12 bits per heavy atom. The van der Waals surface area contributed by atoms with Gasteiger partial charge in [-0.1, -0.05) is 12.1 Å². The number of aromatic nitrogens is 2. The van der Waals surface area contributed by atoms with Crippen molar-refractivity contribution in [3.05, 3.63) is 40.4 Å². The van der Waals surface area contributed by atoms with Crippen molar-refractivity contribution in [2.75, 3.05) is 6.61 Å². The number of hydrogen-bond donors (Lipinski definition) is 3. The van der Waals surface area contributed by atoms with E-state index in [1.807, 2.05) is 0 Å². The van der Waals surface area contributed by atoms with Gasteiger partial charge in [0.25, 0.3) is 5.56 Å². The van der Waals surface area contributed by atoms with Crippen molar-refractivity contribution in [1.82, 2.24) is 9.97 Å². The lowest BCUT2D eigenvalue weighted by Crippen LogP contribution is -2.15. The van der Waals surface area contributed by atoms with Gasteiger partial charge in [-0.05, 0) is 12.1 Å². The molecule has 1 aromatic carbocycles. The van der Waals surface area contributed by atoms with Crippen LogP contribution >= 0.6 is 0 Å². The van der Waals surface area contributed by atoms with Gasteiger partial charge < -0.3 is 15.2 Å². The summed E-state index contributed by atoms with van der Waals surface area (Å²) in [4.78, 5) is 18.3. The van der Waals surface area contributed by atoms with E-state index in [4.69, 9.17) is 5.11 Å². The number of aliphatic hydroxyl groups is 2. The van der Waals surface area contributed by atoms with Crippen molar-refractivity contribution >= 4 is 10.9 Å². The molecule has 0 aliphatic carbocycles. The molecule has 0 saturated heterocycles. The Labute approximate surface area is 91.4 Å². The molecule has 0 saturated carbocycles. The molecule has 0 bridgehead atoms. The van der Waals surface area contributed by atoms with Crippen molar-refractivity contribution in [3.63, 3.8) is 0 Å². The van der Waals surface area contributed by atoms with Gasteiger partial charge in [0, 0.05) is 13.0 Å². The fraction of sp³-hybridized carbons (Fsp3) is 0.273. The molecule has 16 heavy (non-hydrogen) atoms. The van der Waals surface area contributed by atoms with Crippen molar-refractivity contribution < 1.29 is 10.2 Å². The SMILES string of the molecule is O=c1[nH]c(C(O)CCO)nc2ccccc12. The summed E-state index contributed by atoms with van der Waals surface area (Å²) in [6.45, 7) is -0.155. The number of fused-ring (bicyclic) bond motifs is 1. The van der Waals surface area contributed by atoms with E-state index in [2.05, 4.69) is 9.97 Å². The highest BCUT2D eigenvalue weighted by molar-refractivity contribution is 5.77. The van der Waals surface area contributed by atoms with Gasteiger partial charge in [-0.15, -0.1) is 0 Å². The Morgan fingerprint density at radius 1 is 1.38 bits per heavy atom. The Morgan fingerprint density at radius 3 is 2.88 bits per heavy atom. The van der Waals surface area contributed by atoms with E-state index in [-0.39, 0.29) is 24.4 Å². The fourth-order valence-electron chi connectivity index (χ4n) is 1.52. The molecule has 84 valence electrons. The van der Waals surface area contributed by atoms with Crippen LogP contribution < -0.4 is 5.56 Å². The summed E-state index contributed by atoms with van der Waals surface area (Å²) in [6.07, 6.45) is -0.788. The molecule has 1 unspecified atom stereocenters. The molecule has 0 amide bonds. The summed E-state index contributed by atoms with van der Waals surface area (Å²) in [7, 11) is 0. The van der Waals surface area contributed by atoms with Gasteiger partial charge in [0.15, 0.2) is 0 Å². The molecule has 3 N–H and O–H groups in total. The molecule has 0 spiro atoms. The van der Waals surface area contributed by atoms with Crippen LogP contribution in [0, 0.1) is 0 Å². The summed E-state index contributed by atoms with van der Waals surface area (Å²) in [6, 6.07) is 6.91. The van der Waals surface area contributed by atoms with Crippen LogP contribution in [0.2, 0.25) is 0 Å². The van der Waals surface area contributed by atoms with Gasteiger partial charge in [-0.3, -0.25) is 4.79 Å². The summed E-state index contributed by atoms with van der Waals surface area (Å²) in [5.74, 6) is 0.192. The first-order chi connectivity index (χ1) is 7.72. The lowest BCUT2D eigenvalue weighted by molar-refractivity contribution is 0.126. The monoisotopic (exact) mass is 220 g/mol. The topological polar surface area (TPSA) is 86.2 Å². The number of para-hydroxylation sites is 1. The van der Waals surface area contributed by atoms with Crippen LogP contribution in [-0.2, 0) is 0 Å². The van der Waals surface area contributed by atoms with E-state index in [0.29, 0.717) is 10.9 Å². The highest BCUT2D eigenvalue weighted by Gasteiger charge is 2.11.